The highest BCUT2D eigenvalue weighted by Crippen LogP contribution is 2.25. The number of hydrogen-bond acceptors (Lipinski definition) is 5. The Morgan fingerprint density at radius 2 is 2.05 bits per heavy atom. The average molecular weight is 293 g/mol. The molecule has 3 rings (SSSR count). The van der Waals surface area contributed by atoms with E-state index in [0.29, 0.717) is 30.6 Å². The van der Waals surface area contributed by atoms with Crippen LogP contribution in [0.15, 0.2) is 24.3 Å². The first-order valence-corrected chi connectivity index (χ1v) is 6.66. The number of carboxylic acid groups (broad SMARTS) is 1. The van der Waals surface area contributed by atoms with E-state index in [-0.39, 0.29) is 0 Å². The van der Waals surface area contributed by atoms with Crippen molar-refractivity contribution in [1.29, 1.82) is 0 Å². The lowest BCUT2D eigenvalue weighted by Crippen LogP contribution is -2.54. The lowest BCUT2D eigenvalue weighted by atomic mass is 10.2. The minimum Gasteiger partial charge on any atom is -0.480 e. The third-order valence-electron chi connectivity index (χ3n) is 3.28. The maximum atomic E-state index is 11.1. The first-order chi connectivity index (χ1) is 9.65. The largest absolute Gasteiger partial charge is 0.480 e. The fourth-order valence-corrected chi connectivity index (χ4v) is 2.53. The quantitative estimate of drug-likeness (QED) is 0.864. The summed E-state index contributed by atoms with van der Waals surface area (Å²) in [6, 6.07) is 6.84. The molecule has 0 unspecified atom stereocenters. The summed E-state index contributed by atoms with van der Waals surface area (Å²) in [7, 11) is 0. The van der Waals surface area contributed by atoms with Crippen LogP contribution in [0.1, 0.15) is 0 Å². The second-order valence-corrected chi connectivity index (χ2v) is 4.98. The maximum Gasteiger partial charge on any atom is 0.322 e. The molecule has 1 atom stereocenters. The van der Waals surface area contributed by atoms with Gasteiger partial charge in [-0.05, 0) is 12.1 Å². The molecule has 0 spiro atoms. The molecule has 1 aliphatic heterocycles. The van der Waals surface area contributed by atoms with Gasteiger partial charge in [0.15, 0.2) is 11.0 Å². The molecule has 1 aliphatic rings. The van der Waals surface area contributed by atoms with Gasteiger partial charge >= 0.3 is 5.97 Å². The lowest BCUT2D eigenvalue weighted by Gasteiger charge is -2.32. The zero-order chi connectivity index (χ0) is 14.1. The second-order valence-electron chi connectivity index (χ2n) is 4.62. The van der Waals surface area contributed by atoms with Crippen molar-refractivity contribution in [1.82, 2.24) is 15.3 Å². The Bertz CT molecular complexity index is 664. The molecule has 6 nitrogen and oxygen atoms in total. The van der Waals surface area contributed by atoms with E-state index in [1.54, 1.807) is 0 Å². The summed E-state index contributed by atoms with van der Waals surface area (Å²) < 4.78 is 0. The molecule has 1 saturated heterocycles. The van der Waals surface area contributed by atoms with E-state index in [1.165, 1.54) is 0 Å². The van der Waals surface area contributed by atoms with E-state index in [2.05, 4.69) is 15.3 Å². The Hall–Kier alpha value is -1.92. The number of hydrogen-bond donors (Lipinski definition) is 2. The van der Waals surface area contributed by atoms with E-state index in [1.807, 2.05) is 29.2 Å². The van der Waals surface area contributed by atoms with Crippen LogP contribution in [0.25, 0.3) is 11.0 Å². The zero-order valence-corrected chi connectivity index (χ0v) is 11.3. The van der Waals surface area contributed by atoms with Gasteiger partial charge in [-0.25, -0.2) is 9.97 Å². The molecule has 0 radical (unpaired) electrons. The fourth-order valence-electron chi connectivity index (χ4n) is 2.28. The lowest BCUT2D eigenvalue weighted by molar-refractivity contribution is -0.139. The molecule has 1 aromatic carbocycles. The van der Waals surface area contributed by atoms with Gasteiger partial charge in [0.25, 0.3) is 0 Å². The van der Waals surface area contributed by atoms with Gasteiger partial charge in [-0.3, -0.25) is 4.79 Å². The molecule has 0 amide bonds. The van der Waals surface area contributed by atoms with Crippen LogP contribution in [0.5, 0.6) is 0 Å². The third-order valence-corrected chi connectivity index (χ3v) is 3.54. The standard InChI is InChI=1S/C13H13ClN4O2/c14-11-12(17-9-4-2-1-3-8(9)16-11)18-6-5-15-10(7-18)13(19)20/h1-4,10,15H,5-7H2,(H,19,20)/t10-/m0/s1. The van der Waals surface area contributed by atoms with Gasteiger partial charge in [0, 0.05) is 19.6 Å². The minimum atomic E-state index is -0.875. The predicted octanol–water partition coefficient (Wildman–Crippen LogP) is 1.15. The number of benzene rings is 1. The van der Waals surface area contributed by atoms with E-state index in [4.69, 9.17) is 16.7 Å². The van der Waals surface area contributed by atoms with E-state index >= 15 is 0 Å². The summed E-state index contributed by atoms with van der Waals surface area (Å²) in [5, 5.41) is 12.3. The number of aliphatic carboxylic acids is 1. The molecular formula is C13H13ClN4O2. The summed E-state index contributed by atoms with van der Waals surface area (Å²) in [5.74, 6) is -0.335. The van der Waals surface area contributed by atoms with Crippen molar-refractivity contribution in [3.05, 3.63) is 29.4 Å². The number of nitrogens with one attached hydrogen (secondary N) is 1. The van der Waals surface area contributed by atoms with Crippen LogP contribution in [-0.2, 0) is 4.79 Å². The highest BCUT2D eigenvalue weighted by atomic mass is 35.5. The smallest absolute Gasteiger partial charge is 0.322 e. The minimum absolute atomic E-state index is 0.301. The Balaban J connectivity index is 1.96. The summed E-state index contributed by atoms with van der Waals surface area (Å²) in [4.78, 5) is 21.7. The number of carboxylic acids is 1. The van der Waals surface area contributed by atoms with Crippen LogP contribution < -0.4 is 10.2 Å². The molecule has 2 aromatic rings. The van der Waals surface area contributed by atoms with E-state index < -0.39 is 12.0 Å². The van der Waals surface area contributed by atoms with Crippen LogP contribution in [0, 0.1) is 0 Å². The Labute approximate surface area is 120 Å². The topological polar surface area (TPSA) is 78.3 Å². The Morgan fingerprint density at radius 3 is 2.75 bits per heavy atom. The van der Waals surface area contributed by atoms with Gasteiger partial charge < -0.3 is 15.3 Å². The van der Waals surface area contributed by atoms with E-state index in [9.17, 15) is 4.79 Å². The monoisotopic (exact) mass is 292 g/mol. The van der Waals surface area contributed by atoms with Crippen LogP contribution in [0.4, 0.5) is 5.82 Å². The third kappa shape index (κ3) is 2.39. The van der Waals surface area contributed by atoms with Crippen molar-refractivity contribution in [2.24, 2.45) is 0 Å². The van der Waals surface area contributed by atoms with E-state index in [0.717, 1.165) is 11.0 Å². The second kappa shape index (κ2) is 5.22. The molecule has 1 fully saturated rings. The van der Waals surface area contributed by atoms with Crippen molar-refractivity contribution < 1.29 is 9.90 Å². The van der Waals surface area contributed by atoms with Crippen LogP contribution in [-0.4, -0.2) is 46.7 Å². The normalized spacial score (nSPS) is 19.2. The van der Waals surface area contributed by atoms with Crippen LogP contribution >= 0.6 is 11.6 Å². The van der Waals surface area contributed by atoms with Gasteiger partial charge in [-0.1, -0.05) is 23.7 Å². The van der Waals surface area contributed by atoms with Crippen molar-refractivity contribution >= 4 is 34.4 Å². The predicted molar refractivity (Wildman–Crippen MR) is 76.2 cm³/mol. The van der Waals surface area contributed by atoms with Gasteiger partial charge in [-0.15, -0.1) is 0 Å². The molecule has 0 bridgehead atoms. The molecule has 2 N–H and O–H groups in total. The molecule has 2 heterocycles. The van der Waals surface area contributed by atoms with Gasteiger partial charge in [0.1, 0.15) is 6.04 Å². The highest BCUT2D eigenvalue weighted by molar-refractivity contribution is 6.32. The number of para-hydroxylation sites is 2. The first kappa shape index (κ1) is 13.1. The van der Waals surface area contributed by atoms with Gasteiger partial charge in [0.2, 0.25) is 0 Å². The number of fused-ring (bicyclic) bond motifs is 1. The van der Waals surface area contributed by atoms with Gasteiger partial charge in [-0.2, -0.15) is 0 Å². The van der Waals surface area contributed by atoms with Crippen LogP contribution in [0.2, 0.25) is 5.15 Å². The van der Waals surface area contributed by atoms with Crippen LogP contribution in [0.3, 0.4) is 0 Å². The maximum absolute atomic E-state index is 11.1. The summed E-state index contributed by atoms with van der Waals surface area (Å²) in [5.41, 5.74) is 1.48. The molecule has 0 aliphatic carbocycles. The summed E-state index contributed by atoms with van der Waals surface area (Å²) >= 11 is 6.18. The van der Waals surface area contributed by atoms with Crippen molar-refractivity contribution in [2.75, 3.05) is 24.5 Å². The molecule has 104 valence electrons. The van der Waals surface area contributed by atoms with Crippen molar-refractivity contribution in [3.8, 4) is 0 Å². The molecule has 7 heteroatoms. The molecule has 1 aromatic heterocycles. The SMILES string of the molecule is O=C(O)[C@@H]1CN(c2nc3ccccc3nc2Cl)CCN1. The molecule has 0 saturated carbocycles. The fraction of sp³-hybridized carbons (Fsp3) is 0.308. The number of aromatic nitrogens is 2. The molecular weight excluding hydrogens is 280 g/mol. The summed E-state index contributed by atoms with van der Waals surface area (Å²) in [6.07, 6.45) is 0. The number of halogens is 1. The number of piperazine rings is 1. The average Bonchev–Trinajstić information content (AvgIpc) is 2.46. The summed E-state index contributed by atoms with van der Waals surface area (Å²) in [6.45, 7) is 1.54. The number of anilines is 1. The number of carbonyl (C=O) groups is 1. The Kier molecular flexibility index (Phi) is 3.42. The number of rotatable bonds is 2. The highest BCUT2D eigenvalue weighted by Gasteiger charge is 2.27. The Morgan fingerprint density at radius 1 is 1.35 bits per heavy atom. The van der Waals surface area contributed by atoms with Crippen molar-refractivity contribution in [3.63, 3.8) is 0 Å². The number of nitrogens with zero attached hydrogens (tertiary/aromatic N) is 3. The first-order valence-electron chi connectivity index (χ1n) is 6.28. The zero-order valence-electron chi connectivity index (χ0n) is 10.6. The van der Waals surface area contributed by atoms with Gasteiger partial charge in [0.05, 0.1) is 11.0 Å². The molecule has 20 heavy (non-hydrogen) atoms. The van der Waals surface area contributed by atoms with Crippen molar-refractivity contribution in [2.45, 2.75) is 6.04 Å².